The molecular weight excluding hydrogens is 696 g/mol. The van der Waals surface area contributed by atoms with E-state index in [0.29, 0.717) is 97.2 Å². The first-order chi connectivity index (χ1) is 25.8. The Bertz CT molecular complexity index is 1590. The summed E-state index contributed by atoms with van der Waals surface area (Å²) in [5.74, 6) is -2.08. The molecule has 3 aromatic rings. The van der Waals surface area contributed by atoms with Gasteiger partial charge in [0.25, 0.3) is 11.5 Å². The lowest BCUT2D eigenvalue weighted by Crippen LogP contribution is -2.41. The van der Waals surface area contributed by atoms with E-state index in [1.807, 2.05) is 6.92 Å². The Hall–Kier alpha value is -4.63. The molecule has 1 atom stereocenters. The molecule has 0 radical (unpaired) electrons. The van der Waals surface area contributed by atoms with Crippen molar-refractivity contribution in [1.82, 2.24) is 30.6 Å². The molecule has 292 valence electrons. The number of rotatable bonds is 30. The molecule has 19 heteroatoms. The van der Waals surface area contributed by atoms with E-state index in [9.17, 15) is 24.3 Å². The summed E-state index contributed by atoms with van der Waals surface area (Å²) in [6, 6.07) is 5.09. The van der Waals surface area contributed by atoms with E-state index >= 15 is 0 Å². The van der Waals surface area contributed by atoms with Gasteiger partial charge in [-0.15, -0.1) is 0 Å². The van der Waals surface area contributed by atoms with Crippen LogP contribution in [0.25, 0.3) is 11.2 Å². The number of carboxylic acids is 1. The lowest BCUT2D eigenvalue weighted by molar-refractivity contribution is -0.139. The van der Waals surface area contributed by atoms with Crippen molar-refractivity contribution in [2.45, 2.75) is 32.4 Å². The summed E-state index contributed by atoms with van der Waals surface area (Å²) in [5, 5.41) is 18.2. The quantitative estimate of drug-likeness (QED) is 0.0496. The van der Waals surface area contributed by atoms with Crippen LogP contribution in [0.3, 0.4) is 0 Å². The van der Waals surface area contributed by atoms with Crippen LogP contribution in [0.5, 0.6) is 0 Å². The van der Waals surface area contributed by atoms with E-state index in [1.165, 1.54) is 18.3 Å². The van der Waals surface area contributed by atoms with Gasteiger partial charge in [0.1, 0.15) is 11.8 Å². The Morgan fingerprint density at radius 3 is 2.02 bits per heavy atom. The Balaban J connectivity index is 1.19. The number of hydrogen-bond donors (Lipinski definition) is 6. The Kier molecular flexibility index (Phi) is 20.5. The summed E-state index contributed by atoms with van der Waals surface area (Å²) in [6.45, 7) is 8.48. The number of hydrogen-bond acceptors (Lipinski definition) is 16. The minimum absolute atomic E-state index is 0.0354. The second-order valence-electron chi connectivity index (χ2n) is 11.3. The predicted molar refractivity (Wildman–Crippen MR) is 193 cm³/mol. The number of carbonyl (C=O) groups is 3. The van der Waals surface area contributed by atoms with Gasteiger partial charge in [-0.25, -0.2) is 14.8 Å². The number of nitrogens with two attached hydrogens (primary N) is 1. The number of Topliss-reactive ketones (excluding diaryl/α,β-unsaturated/α-hetero) is 1. The van der Waals surface area contributed by atoms with Crippen LogP contribution in [-0.2, 0) is 44.6 Å². The Morgan fingerprint density at radius 2 is 1.43 bits per heavy atom. The van der Waals surface area contributed by atoms with Crippen LogP contribution in [0, 0.1) is 0 Å². The van der Waals surface area contributed by atoms with E-state index in [2.05, 4.69) is 35.9 Å². The zero-order valence-electron chi connectivity index (χ0n) is 29.9. The minimum Gasteiger partial charge on any atom is -0.480 e. The first-order valence-corrected chi connectivity index (χ1v) is 17.3. The number of aromatic nitrogens is 4. The van der Waals surface area contributed by atoms with Gasteiger partial charge in [-0.3, -0.25) is 19.4 Å². The maximum Gasteiger partial charge on any atom is 0.326 e. The number of carbonyl (C=O) groups excluding carboxylic acids is 2. The second-order valence-corrected chi connectivity index (χ2v) is 11.3. The smallest absolute Gasteiger partial charge is 0.326 e. The van der Waals surface area contributed by atoms with Gasteiger partial charge in [0, 0.05) is 30.8 Å². The third-order valence-electron chi connectivity index (χ3n) is 7.23. The van der Waals surface area contributed by atoms with Crippen molar-refractivity contribution in [3.05, 3.63) is 52.1 Å². The van der Waals surface area contributed by atoms with Gasteiger partial charge >= 0.3 is 5.97 Å². The molecule has 1 aromatic carbocycles. The van der Waals surface area contributed by atoms with Crippen molar-refractivity contribution in [1.29, 1.82) is 0 Å². The standard InChI is InChI=1S/C34H50N8O11/c1-2-48-11-12-50-15-16-52-19-20-53-18-17-51-14-13-49-10-9-36-23-27(43)7-8-28(33(46)47)40-31(44)24-3-5-25(6-4-24)37-21-26-22-38-30-29(39-26)32(45)42-34(35)41-30/h3-6,22,28,36-37H,2,7-21,23H2,1H3,(H,40,44)(H,46,47)(H3,35,38,41,42,45)/t28-/m0/s1. The number of fused-ring (bicyclic) bond motifs is 1. The van der Waals surface area contributed by atoms with Crippen LogP contribution in [0.2, 0.25) is 0 Å². The molecular formula is C34H50N8O11. The van der Waals surface area contributed by atoms with Crippen molar-refractivity contribution in [3.8, 4) is 0 Å². The molecule has 2 aromatic heterocycles. The molecule has 0 aliphatic carbocycles. The number of amides is 1. The van der Waals surface area contributed by atoms with Gasteiger partial charge in [-0.2, -0.15) is 4.98 Å². The van der Waals surface area contributed by atoms with E-state index in [4.69, 9.17) is 34.2 Å². The highest BCUT2D eigenvalue weighted by molar-refractivity contribution is 5.97. The molecule has 0 aliphatic heterocycles. The lowest BCUT2D eigenvalue weighted by atomic mass is 10.1. The van der Waals surface area contributed by atoms with Gasteiger partial charge in [-0.05, 0) is 37.6 Å². The maximum atomic E-state index is 12.7. The number of aromatic amines is 1. The molecule has 0 spiro atoms. The van der Waals surface area contributed by atoms with Crippen molar-refractivity contribution < 1.29 is 47.9 Å². The summed E-state index contributed by atoms with van der Waals surface area (Å²) >= 11 is 0. The fourth-order valence-corrected chi connectivity index (χ4v) is 4.50. The van der Waals surface area contributed by atoms with Gasteiger partial charge in [0.2, 0.25) is 5.95 Å². The van der Waals surface area contributed by atoms with Crippen molar-refractivity contribution in [2.24, 2.45) is 0 Å². The van der Waals surface area contributed by atoms with Crippen molar-refractivity contribution >= 4 is 40.5 Å². The molecule has 0 saturated carbocycles. The van der Waals surface area contributed by atoms with E-state index < -0.39 is 23.5 Å². The number of H-pyrrole nitrogens is 1. The van der Waals surface area contributed by atoms with Gasteiger partial charge in [0.05, 0.1) is 97.7 Å². The van der Waals surface area contributed by atoms with Gasteiger partial charge < -0.3 is 55.2 Å². The number of benzene rings is 1. The number of carboxylic acid groups (broad SMARTS) is 1. The number of ether oxygens (including phenoxy) is 6. The molecule has 7 N–H and O–H groups in total. The summed E-state index contributed by atoms with van der Waals surface area (Å²) in [4.78, 5) is 63.6. The van der Waals surface area contributed by atoms with Crippen molar-refractivity contribution in [3.63, 3.8) is 0 Å². The maximum absolute atomic E-state index is 12.7. The predicted octanol–water partition coefficient (Wildman–Crippen LogP) is 0.149. The molecule has 1 amide bonds. The molecule has 3 rings (SSSR count). The highest BCUT2D eigenvalue weighted by atomic mass is 16.6. The number of anilines is 2. The zero-order chi connectivity index (χ0) is 38.1. The summed E-state index contributed by atoms with van der Waals surface area (Å²) < 4.78 is 32.3. The van der Waals surface area contributed by atoms with E-state index in [0.717, 1.165) is 0 Å². The summed E-state index contributed by atoms with van der Waals surface area (Å²) in [6.07, 6.45) is 1.37. The molecule has 0 unspecified atom stereocenters. The number of nitrogens with one attached hydrogen (secondary N) is 4. The first kappa shape index (κ1) is 42.8. The van der Waals surface area contributed by atoms with E-state index in [-0.39, 0.29) is 54.4 Å². The second kappa shape index (κ2) is 25.4. The number of aliphatic carboxylic acids is 1. The molecule has 0 saturated heterocycles. The van der Waals surface area contributed by atoms with Crippen LogP contribution >= 0.6 is 0 Å². The lowest BCUT2D eigenvalue weighted by Gasteiger charge is -2.15. The third kappa shape index (κ3) is 17.6. The molecule has 19 nitrogen and oxygen atoms in total. The van der Waals surface area contributed by atoms with Crippen LogP contribution in [0.4, 0.5) is 11.6 Å². The highest BCUT2D eigenvalue weighted by Gasteiger charge is 2.21. The fraction of sp³-hybridized carbons (Fsp3) is 0.559. The normalized spacial score (nSPS) is 11.8. The zero-order valence-corrected chi connectivity index (χ0v) is 29.9. The minimum atomic E-state index is -1.24. The number of nitrogens with zero attached hydrogens (tertiary/aromatic N) is 3. The van der Waals surface area contributed by atoms with Crippen LogP contribution in [0.1, 0.15) is 35.8 Å². The van der Waals surface area contributed by atoms with E-state index in [1.54, 1.807) is 12.1 Å². The first-order valence-electron chi connectivity index (χ1n) is 17.3. The summed E-state index contributed by atoms with van der Waals surface area (Å²) in [5.41, 5.74) is 6.58. The molecule has 53 heavy (non-hydrogen) atoms. The average Bonchev–Trinajstić information content (AvgIpc) is 3.14. The summed E-state index contributed by atoms with van der Waals surface area (Å²) in [7, 11) is 0. The van der Waals surface area contributed by atoms with Crippen LogP contribution in [0.15, 0.2) is 35.3 Å². The van der Waals surface area contributed by atoms with Gasteiger partial charge in [-0.1, -0.05) is 0 Å². The van der Waals surface area contributed by atoms with Crippen LogP contribution in [-0.4, -0.2) is 141 Å². The molecule has 0 fully saturated rings. The highest BCUT2D eigenvalue weighted by Crippen LogP contribution is 2.12. The van der Waals surface area contributed by atoms with Crippen LogP contribution < -0.4 is 27.2 Å². The fourth-order valence-electron chi connectivity index (χ4n) is 4.50. The Labute approximate surface area is 306 Å². The molecule has 2 heterocycles. The SMILES string of the molecule is CCOCCOCCOCCOCCOCCOCCNCC(=O)CC[C@H](NC(=O)c1ccc(NCc2cnc3nc(N)[nH]c(=O)c3n2)cc1)C(=O)O. The largest absolute Gasteiger partial charge is 0.480 e. The number of nitrogen functional groups attached to an aromatic ring is 1. The Morgan fingerprint density at radius 1 is 0.849 bits per heavy atom. The molecule has 0 aliphatic rings. The molecule has 0 bridgehead atoms. The average molecular weight is 747 g/mol. The third-order valence-corrected chi connectivity index (χ3v) is 7.23. The topological polar surface area (TPSA) is 260 Å². The monoisotopic (exact) mass is 746 g/mol. The van der Waals surface area contributed by atoms with Gasteiger partial charge in [0.15, 0.2) is 11.2 Å². The number of ketones is 1. The van der Waals surface area contributed by atoms with Crippen molar-refractivity contribution in [2.75, 3.05) is 103 Å².